The average Bonchev–Trinajstić information content (AvgIpc) is 3.22. The van der Waals surface area contributed by atoms with Crippen LogP contribution in [-0.4, -0.2) is 45.9 Å². The molecule has 1 aliphatic rings. The molecule has 2 atom stereocenters. The van der Waals surface area contributed by atoms with Crippen molar-refractivity contribution in [2.24, 2.45) is 0 Å². The van der Waals surface area contributed by atoms with Gasteiger partial charge in [-0.05, 0) is 48.7 Å². The molecule has 1 fully saturated rings. The molecule has 28 heavy (non-hydrogen) atoms. The zero-order chi connectivity index (χ0) is 19.4. The van der Waals surface area contributed by atoms with E-state index < -0.39 is 18.1 Å². The van der Waals surface area contributed by atoms with Crippen molar-refractivity contribution in [2.75, 3.05) is 13.1 Å². The predicted octanol–water partition coefficient (Wildman–Crippen LogP) is 3.26. The molecule has 0 aliphatic carbocycles. The molecule has 6 nitrogen and oxygen atoms in total. The molecule has 2 heterocycles. The first kappa shape index (κ1) is 22.4. The van der Waals surface area contributed by atoms with Gasteiger partial charge in [0.2, 0.25) is 5.91 Å². The summed E-state index contributed by atoms with van der Waals surface area (Å²) < 4.78 is 0. The number of benzene rings is 1. The first-order valence-electron chi connectivity index (χ1n) is 8.60. The Kier molecular flexibility index (Phi) is 8.07. The molecule has 1 aromatic heterocycles. The number of aliphatic hydroxyl groups excluding tert-OH is 1. The van der Waals surface area contributed by atoms with E-state index in [1.165, 1.54) is 30.6 Å². The summed E-state index contributed by atoms with van der Waals surface area (Å²) in [6.07, 6.45) is 3.66. The number of amides is 2. The number of nitrogens with zero attached hydrogens (tertiary/aromatic N) is 2. The highest BCUT2D eigenvalue weighted by atomic mass is 35.5. The minimum absolute atomic E-state index is 0. The van der Waals surface area contributed by atoms with Gasteiger partial charge in [0.15, 0.2) is 0 Å². The lowest BCUT2D eigenvalue weighted by atomic mass is 10.0. The molecule has 1 saturated heterocycles. The largest absolute Gasteiger partial charge is 0.386 e. The molecule has 1 aliphatic heterocycles. The Morgan fingerprint density at radius 1 is 1.07 bits per heavy atom. The lowest BCUT2D eigenvalue weighted by Crippen LogP contribution is -2.51. The van der Waals surface area contributed by atoms with Crippen LogP contribution in [0.1, 0.15) is 34.9 Å². The van der Waals surface area contributed by atoms with Crippen LogP contribution in [0.25, 0.3) is 0 Å². The van der Waals surface area contributed by atoms with Gasteiger partial charge in [-0.1, -0.05) is 23.2 Å². The summed E-state index contributed by atoms with van der Waals surface area (Å²) in [6, 6.07) is 6.55. The Hall–Kier alpha value is -1.86. The van der Waals surface area contributed by atoms with E-state index >= 15 is 0 Å². The third-order valence-corrected chi connectivity index (χ3v) is 5.25. The van der Waals surface area contributed by atoms with Gasteiger partial charge in [-0.2, -0.15) is 0 Å². The Morgan fingerprint density at radius 3 is 2.32 bits per heavy atom. The second-order valence-electron chi connectivity index (χ2n) is 6.34. The van der Waals surface area contributed by atoms with Gasteiger partial charge in [0.25, 0.3) is 5.91 Å². The van der Waals surface area contributed by atoms with Crippen LogP contribution in [0.5, 0.6) is 0 Å². The normalized spacial score (nSPS) is 15.5. The molecule has 150 valence electrons. The molecule has 0 saturated carbocycles. The van der Waals surface area contributed by atoms with Crippen LogP contribution in [0.4, 0.5) is 0 Å². The maximum Gasteiger partial charge on any atom is 0.252 e. The molecular formula is C19H20Cl3N3O3. The molecule has 9 heteroatoms. The van der Waals surface area contributed by atoms with E-state index in [2.05, 4.69) is 10.3 Å². The Labute approximate surface area is 179 Å². The van der Waals surface area contributed by atoms with Crippen molar-refractivity contribution in [3.8, 4) is 0 Å². The third kappa shape index (κ3) is 5.14. The molecule has 0 radical (unpaired) electrons. The molecule has 1 aromatic carbocycles. The number of rotatable bonds is 5. The van der Waals surface area contributed by atoms with Gasteiger partial charge >= 0.3 is 0 Å². The third-order valence-electron chi connectivity index (χ3n) is 4.52. The Balaban J connectivity index is 0.00000280. The highest BCUT2D eigenvalue weighted by molar-refractivity contribution is 6.42. The van der Waals surface area contributed by atoms with Crippen molar-refractivity contribution in [2.45, 2.75) is 25.0 Å². The van der Waals surface area contributed by atoms with E-state index in [0.717, 1.165) is 12.8 Å². The summed E-state index contributed by atoms with van der Waals surface area (Å²) in [5.74, 6) is -0.829. The van der Waals surface area contributed by atoms with Crippen LogP contribution in [0.2, 0.25) is 10.0 Å². The number of aliphatic hydroxyl groups is 1. The summed E-state index contributed by atoms with van der Waals surface area (Å²) in [5.41, 5.74) is 0.752. The molecule has 0 unspecified atom stereocenters. The predicted molar refractivity (Wildman–Crippen MR) is 110 cm³/mol. The van der Waals surface area contributed by atoms with Crippen molar-refractivity contribution in [1.29, 1.82) is 0 Å². The van der Waals surface area contributed by atoms with Crippen molar-refractivity contribution in [3.63, 3.8) is 0 Å². The van der Waals surface area contributed by atoms with Crippen LogP contribution in [0.3, 0.4) is 0 Å². The number of carbonyl (C=O) groups is 2. The molecule has 2 amide bonds. The number of hydrogen-bond donors (Lipinski definition) is 2. The number of carbonyl (C=O) groups excluding carboxylic acids is 2. The maximum atomic E-state index is 12.9. The van der Waals surface area contributed by atoms with Crippen molar-refractivity contribution in [3.05, 3.63) is 63.9 Å². The van der Waals surface area contributed by atoms with E-state index in [1.807, 2.05) is 0 Å². The Bertz CT molecular complexity index is 830. The molecule has 0 bridgehead atoms. The van der Waals surface area contributed by atoms with Gasteiger partial charge in [0.05, 0.1) is 10.0 Å². The van der Waals surface area contributed by atoms with E-state index in [4.69, 9.17) is 23.2 Å². The minimum Gasteiger partial charge on any atom is -0.386 e. The van der Waals surface area contributed by atoms with E-state index in [-0.39, 0.29) is 28.9 Å². The zero-order valence-electron chi connectivity index (χ0n) is 14.8. The second-order valence-corrected chi connectivity index (χ2v) is 7.15. The van der Waals surface area contributed by atoms with Crippen LogP contribution >= 0.6 is 35.6 Å². The highest BCUT2D eigenvalue weighted by Gasteiger charge is 2.34. The first-order valence-corrected chi connectivity index (χ1v) is 9.35. The summed E-state index contributed by atoms with van der Waals surface area (Å²) in [4.78, 5) is 31.2. The lowest BCUT2D eigenvalue weighted by molar-refractivity contribution is -0.135. The van der Waals surface area contributed by atoms with Gasteiger partial charge in [0.1, 0.15) is 12.1 Å². The van der Waals surface area contributed by atoms with E-state index in [9.17, 15) is 14.7 Å². The van der Waals surface area contributed by atoms with Crippen LogP contribution in [-0.2, 0) is 4.79 Å². The van der Waals surface area contributed by atoms with Gasteiger partial charge < -0.3 is 15.3 Å². The molecule has 2 aromatic rings. The van der Waals surface area contributed by atoms with Crippen molar-refractivity contribution < 1.29 is 14.7 Å². The molecule has 0 spiro atoms. The number of nitrogens with one attached hydrogen (secondary N) is 1. The summed E-state index contributed by atoms with van der Waals surface area (Å²) in [7, 11) is 0. The topological polar surface area (TPSA) is 82.5 Å². The number of aromatic nitrogens is 1. The van der Waals surface area contributed by atoms with Crippen molar-refractivity contribution in [1.82, 2.24) is 15.2 Å². The lowest BCUT2D eigenvalue weighted by Gasteiger charge is -2.28. The molecule has 2 N–H and O–H groups in total. The number of pyridine rings is 1. The fourth-order valence-corrected chi connectivity index (χ4v) is 3.32. The average molecular weight is 445 g/mol. The van der Waals surface area contributed by atoms with Gasteiger partial charge in [0, 0.05) is 31.0 Å². The van der Waals surface area contributed by atoms with Gasteiger partial charge in [-0.25, -0.2) is 0 Å². The van der Waals surface area contributed by atoms with Crippen molar-refractivity contribution >= 4 is 47.4 Å². The first-order chi connectivity index (χ1) is 13.0. The summed E-state index contributed by atoms with van der Waals surface area (Å²) in [5, 5.41) is 14.0. The van der Waals surface area contributed by atoms with Crippen LogP contribution < -0.4 is 5.32 Å². The number of likely N-dealkylation sites (tertiary alicyclic amines) is 1. The standard InChI is InChI=1S/C19H19Cl2N3O3.ClH/c20-14-4-3-13(11-15(14)21)18(26)23-16(19(27)24-9-1-2-10-24)17(25)12-5-7-22-8-6-12;/h3-8,11,16-17,25H,1-2,9-10H2,(H,23,26);1H/t16-,17+;/m1./s1. The van der Waals surface area contributed by atoms with Crippen LogP contribution in [0, 0.1) is 0 Å². The Morgan fingerprint density at radius 2 is 1.71 bits per heavy atom. The summed E-state index contributed by atoms with van der Waals surface area (Å²) in [6.45, 7) is 1.22. The summed E-state index contributed by atoms with van der Waals surface area (Å²) >= 11 is 11.9. The quantitative estimate of drug-likeness (QED) is 0.741. The monoisotopic (exact) mass is 443 g/mol. The van der Waals surface area contributed by atoms with Gasteiger partial charge in [-0.3, -0.25) is 14.6 Å². The fraction of sp³-hybridized carbons (Fsp3) is 0.316. The maximum absolute atomic E-state index is 12.9. The number of halogens is 3. The minimum atomic E-state index is -1.20. The highest BCUT2D eigenvalue weighted by Crippen LogP contribution is 2.24. The smallest absolute Gasteiger partial charge is 0.252 e. The van der Waals surface area contributed by atoms with Gasteiger partial charge in [-0.15, -0.1) is 12.4 Å². The second kappa shape index (κ2) is 10.1. The fourth-order valence-electron chi connectivity index (χ4n) is 3.02. The molecular weight excluding hydrogens is 425 g/mol. The number of hydrogen-bond acceptors (Lipinski definition) is 4. The zero-order valence-corrected chi connectivity index (χ0v) is 17.2. The van der Waals surface area contributed by atoms with E-state index in [0.29, 0.717) is 23.7 Å². The van der Waals surface area contributed by atoms with E-state index in [1.54, 1.807) is 17.0 Å². The van der Waals surface area contributed by atoms with Crippen LogP contribution in [0.15, 0.2) is 42.7 Å². The molecule has 3 rings (SSSR count). The SMILES string of the molecule is Cl.O=C(N[C@@H](C(=O)N1CCCC1)[C@@H](O)c1ccncc1)c1ccc(Cl)c(Cl)c1.